The molecule has 0 aliphatic carbocycles. The lowest BCUT2D eigenvalue weighted by Gasteiger charge is -2.43. The molecule has 1 aliphatic heterocycles. The summed E-state index contributed by atoms with van der Waals surface area (Å²) in [7, 11) is 1.37. The highest BCUT2D eigenvalue weighted by atomic mass is 16.5. The Morgan fingerprint density at radius 1 is 1.73 bits per heavy atom. The van der Waals surface area contributed by atoms with Crippen molar-refractivity contribution in [3.8, 4) is 0 Å². The number of carbonyl (C=O) groups is 1. The van der Waals surface area contributed by atoms with E-state index in [1.807, 2.05) is 6.92 Å². The summed E-state index contributed by atoms with van der Waals surface area (Å²) in [5.41, 5.74) is -0.910. The Hall–Kier alpha value is -0.610. The summed E-state index contributed by atoms with van der Waals surface area (Å²) >= 11 is 0. The Bertz CT molecular complexity index is 232. The lowest BCUT2D eigenvalue weighted by molar-refractivity contribution is -0.162. The molecule has 3 atom stereocenters. The van der Waals surface area contributed by atoms with Crippen LogP contribution in [0.3, 0.4) is 0 Å². The topological polar surface area (TPSA) is 58.6 Å². The van der Waals surface area contributed by atoms with Gasteiger partial charge in [0, 0.05) is 12.5 Å². The number of ether oxygens (including phenoxy) is 1. The van der Waals surface area contributed by atoms with Gasteiger partial charge in [0.05, 0.1) is 18.6 Å². The van der Waals surface area contributed by atoms with Crippen LogP contribution in [0.4, 0.5) is 0 Å². The van der Waals surface area contributed by atoms with Gasteiger partial charge < -0.3 is 15.2 Å². The van der Waals surface area contributed by atoms with Crippen molar-refractivity contribution in [1.82, 2.24) is 5.32 Å². The number of carbonyl (C=O) groups excluding carboxylic acids is 1. The van der Waals surface area contributed by atoms with Crippen LogP contribution in [0.1, 0.15) is 26.7 Å². The van der Waals surface area contributed by atoms with E-state index in [0.717, 1.165) is 19.5 Å². The maximum absolute atomic E-state index is 11.5. The summed E-state index contributed by atoms with van der Waals surface area (Å²) in [4.78, 5) is 11.5. The molecule has 4 nitrogen and oxygen atoms in total. The number of esters is 1. The van der Waals surface area contributed by atoms with Crippen LogP contribution in [0.25, 0.3) is 0 Å². The first-order chi connectivity index (χ1) is 7.06. The van der Waals surface area contributed by atoms with Crippen molar-refractivity contribution in [2.75, 3.05) is 20.2 Å². The minimum atomic E-state index is -0.910. The zero-order valence-corrected chi connectivity index (χ0v) is 9.75. The monoisotopic (exact) mass is 215 g/mol. The molecule has 15 heavy (non-hydrogen) atoms. The predicted molar refractivity (Wildman–Crippen MR) is 57.4 cm³/mol. The molecule has 0 saturated carbocycles. The molecule has 0 aromatic carbocycles. The first-order valence-corrected chi connectivity index (χ1v) is 5.57. The van der Waals surface area contributed by atoms with Crippen molar-refractivity contribution in [1.29, 1.82) is 0 Å². The Morgan fingerprint density at radius 3 is 2.93 bits per heavy atom. The Morgan fingerprint density at radius 2 is 2.40 bits per heavy atom. The molecule has 1 heterocycles. The van der Waals surface area contributed by atoms with Crippen molar-refractivity contribution in [3.05, 3.63) is 0 Å². The molecule has 0 bridgehead atoms. The molecule has 1 saturated heterocycles. The van der Waals surface area contributed by atoms with Crippen LogP contribution in [0.15, 0.2) is 0 Å². The predicted octanol–water partition coefficient (Wildman–Crippen LogP) is 0.546. The summed E-state index contributed by atoms with van der Waals surface area (Å²) in [5.74, 6) is -0.646. The normalized spacial score (nSPS) is 33.5. The highest BCUT2D eigenvalue weighted by Crippen LogP contribution is 2.34. The molecule has 88 valence electrons. The number of hydrogen-bond donors (Lipinski definition) is 2. The van der Waals surface area contributed by atoms with Gasteiger partial charge in [-0.2, -0.15) is 0 Å². The van der Waals surface area contributed by atoms with E-state index in [4.69, 9.17) is 4.74 Å². The molecule has 0 radical (unpaired) electrons. The standard InChI is InChI=1S/C11H21NO3/c1-4-9-7-12-6-5-11(9,14)8(2)10(13)15-3/h8-9,12,14H,4-7H2,1-3H3. The quantitative estimate of drug-likeness (QED) is 0.675. The van der Waals surface area contributed by atoms with Gasteiger partial charge in [0.1, 0.15) is 0 Å². The van der Waals surface area contributed by atoms with E-state index < -0.39 is 11.5 Å². The van der Waals surface area contributed by atoms with Crippen molar-refractivity contribution in [3.63, 3.8) is 0 Å². The minimum absolute atomic E-state index is 0.125. The number of rotatable bonds is 3. The van der Waals surface area contributed by atoms with Gasteiger partial charge in [-0.3, -0.25) is 4.79 Å². The Kier molecular flexibility index (Phi) is 4.11. The summed E-state index contributed by atoms with van der Waals surface area (Å²) in [6.07, 6.45) is 1.48. The van der Waals surface area contributed by atoms with E-state index in [1.165, 1.54) is 7.11 Å². The van der Waals surface area contributed by atoms with Crippen molar-refractivity contribution >= 4 is 5.97 Å². The van der Waals surface area contributed by atoms with E-state index in [1.54, 1.807) is 6.92 Å². The zero-order valence-electron chi connectivity index (χ0n) is 9.75. The van der Waals surface area contributed by atoms with Crippen LogP contribution < -0.4 is 5.32 Å². The maximum Gasteiger partial charge on any atom is 0.311 e. The molecule has 0 aromatic heterocycles. The molecular formula is C11H21NO3. The van der Waals surface area contributed by atoms with Gasteiger partial charge in [0.15, 0.2) is 0 Å². The molecule has 0 amide bonds. The fourth-order valence-corrected chi connectivity index (χ4v) is 2.39. The molecule has 1 fully saturated rings. The minimum Gasteiger partial charge on any atom is -0.469 e. The molecule has 0 aromatic rings. The number of methoxy groups -OCH3 is 1. The average Bonchev–Trinajstić information content (AvgIpc) is 2.27. The van der Waals surface area contributed by atoms with Gasteiger partial charge in [-0.25, -0.2) is 0 Å². The third-order valence-electron chi connectivity index (χ3n) is 3.60. The highest BCUT2D eigenvalue weighted by Gasteiger charge is 2.45. The van der Waals surface area contributed by atoms with Gasteiger partial charge in [-0.15, -0.1) is 0 Å². The maximum atomic E-state index is 11.5. The lowest BCUT2D eigenvalue weighted by atomic mass is 9.72. The lowest BCUT2D eigenvalue weighted by Crippen LogP contribution is -2.55. The number of nitrogens with one attached hydrogen (secondary N) is 1. The molecule has 2 N–H and O–H groups in total. The summed E-state index contributed by atoms with van der Waals surface area (Å²) in [6.45, 7) is 5.31. The first kappa shape index (κ1) is 12.5. The van der Waals surface area contributed by atoms with Crippen LogP contribution in [0.2, 0.25) is 0 Å². The van der Waals surface area contributed by atoms with Gasteiger partial charge in [-0.1, -0.05) is 6.92 Å². The third kappa shape index (κ3) is 2.32. The SMILES string of the molecule is CCC1CNCCC1(O)C(C)C(=O)OC. The molecule has 0 spiro atoms. The summed E-state index contributed by atoms with van der Waals surface area (Å²) in [5, 5.41) is 13.8. The second kappa shape index (κ2) is 4.94. The van der Waals surface area contributed by atoms with Crippen LogP contribution in [-0.4, -0.2) is 36.9 Å². The zero-order chi connectivity index (χ0) is 11.5. The van der Waals surface area contributed by atoms with E-state index in [2.05, 4.69) is 5.32 Å². The van der Waals surface area contributed by atoms with Gasteiger partial charge in [0.25, 0.3) is 0 Å². The highest BCUT2D eigenvalue weighted by molar-refractivity contribution is 5.73. The van der Waals surface area contributed by atoms with E-state index in [-0.39, 0.29) is 11.9 Å². The Labute approximate surface area is 91.0 Å². The smallest absolute Gasteiger partial charge is 0.311 e. The van der Waals surface area contributed by atoms with Crippen LogP contribution in [0, 0.1) is 11.8 Å². The Balaban J connectivity index is 2.80. The molecule has 1 aliphatic rings. The first-order valence-electron chi connectivity index (χ1n) is 5.57. The summed E-state index contributed by atoms with van der Waals surface area (Å²) < 4.78 is 4.70. The van der Waals surface area contributed by atoms with Crippen LogP contribution >= 0.6 is 0 Å². The number of hydrogen-bond acceptors (Lipinski definition) is 4. The summed E-state index contributed by atoms with van der Waals surface area (Å²) in [6, 6.07) is 0. The molecular weight excluding hydrogens is 194 g/mol. The van der Waals surface area contributed by atoms with Crippen molar-refractivity contribution in [2.45, 2.75) is 32.3 Å². The van der Waals surface area contributed by atoms with Crippen molar-refractivity contribution < 1.29 is 14.6 Å². The van der Waals surface area contributed by atoms with E-state index in [9.17, 15) is 9.90 Å². The molecule has 1 rings (SSSR count). The van der Waals surface area contributed by atoms with Gasteiger partial charge in [0.2, 0.25) is 0 Å². The van der Waals surface area contributed by atoms with Crippen LogP contribution in [0.5, 0.6) is 0 Å². The average molecular weight is 215 g/mol. The second-order valence-electron chi connectivity index (χ2n) is 4.30. The third-order valence-corrected chi connectivity index (χ3v) is 3.60. The van der Waals surface area contributed by atoms with Gasteiger partial charge in [-0.05, 0) is 26.3 Å². The van der Waals surface area contributed by atoms with Crippen LogP contribution in [-0.2, 0) is 9.53 Å². The fraction of sp³-hybridized carbons (Fsp3) is 0.909. The number of aliphatic hydroxyl groups is 1. The number of piperidine rings is 1. The fourth-order valence-electron chi connectivity index (χ4n) is 2.39. The van der Waals surface area contributed by atoms with Gasteiger partial charge >= 0.3 is 5.97 Å². The van der Waals surface area contributed by atoms with E-state index >= 15 is 0 Å². The second-order valence-corrected chi connectivity index (χ2v) is 4.30. The largest absolute Gasteiger partial charge is 0.469 e. The molecule has 4 heteroatoms. The van der Waals surface area contributed by atoms with Crippen molar-refractivity contribution in [2.24, 2.45) is 11.8 Å². The molecule has 3 unspecified atom stereocenters. The van der Waals surface area contributed by atoms with E-state index in [0.29, 0.717) is 6.42 Å².